The van der Waals surface area contributed by atoms with Crippen LogP contribution in [0.2, 0.25) is 0 Å². The van der Waals surface area contributed by atoms with Gasteiger partial charge in [0.1, 0.15) is 5.82 Å². The van der Waals surface area contributed by atoms with Gasteiger partial charge in [-0.15, -0.1) is 0 Å². The molecule has 100 valence electrons. The van der Waals surface area contributed by atoms with Gasteiger partial charge in [0.2, 0.25) is 0 Å². The second-order valence-electron chi connectivity index (χ2n) is 4.09. The molecule has 0 aliphatic carbocycles. The first-order valence-corrected chi connectivity index (χ1v) is 7.72. The van der Waals surface area contributed by atoms with Crippen LogP contribution in [0.4, 0.5) is 11.5 Å². The summed E-state index contributed by atoms with van der Waals surface area (Å²) in [5.41, 5.74) is 1.79. The van der Waals surface area contributed by atoms with Crippen molar-refractivity contribution in [1.29, 1.82) is 0 Å². The molecule has 0 atom stereocenters. The molecule has 2 rings (SSSR count). The molecule has 0 aliphatic heterocycles. The summed E-state index contributed by atoms with van der Waals surface area (Å²) in [6.07, 6.45) is 3.35. The fourth-order valence-corrected chi connectivity index (χ4v) is 2.09. The molecule has 0 fully saturated rings. The second-order valence-corrected chi connectivity index (χ2v) is 6.27. The van der Waals surface area contributed by atoms with Crippen molar-refractivity contribution in [3.8, 4) is 0 Å². The van der Waals surface area contributed by atoms with E-state index in [4.69, 9.17) is 0 Å². The Morgan fingerprint density at radius 3 is 2.68 bits per heavy atom. The van der Waals surface area contributed by atoms with E-state index in [9.17, 15) is 8.42 Å². The third-order valence-corrected chi connectivity index (χ3v) is 3.98. The van der Waals surface area contributed by atoms with Gasteiger partial charge in [-0.3, -0.25) is 0 Å². The number of benzene rings is 1. The van der Waals surface area contributed by atoms with Gasteiger partial charge in [-0.05, 0) is 29.8 Å². The largest absolute Gasteiger partial charge is 0.348 e. The summed E-state index contributed by atoms with van der Waals surface area (Å²) < 4.78 is 22.7. The number of nitrogens with one attached hydrogen (secondary N) is 2. The predicted octanol–water partition coefficient (Wildman–Crippen LogP) is 3.16. The van der Waals surface area contributed by atoms with Crippen LogP contribution in [0.25, 0.3) is 6.08 Å². The van der Waals surface area contributed by atoms with Crippen molar-refractivity contribution in [3.05, 3.63) is 53.6 Å². The minimum absolute atomic E-state index is 0.114. The number of H-pyrrole nitrogens is 1. The van der Waals surface area contributed by atoms with E-state index < -0.39 is 9.84 Å². The maximum atomic E-state index is 11.4. The van der Waals surface area contributed by atoms with Crippen LogP contribution in [0.15, 0.2) is 48.0 Å². The first kappa shape index (κ1) is 13.4. The van der Waals surface area contributed by atoms with Gasteiger partial charge in [0.15, 0.2) is 9.84 Å². The topological polar surface area (TPSA) is 62.0 Å². The smallest absolute Gasteiger partial charge is 0.171 e. The molecule has 5 heteroatoms. The molecule has 0 saturated heterocycles. The molecular formula is C14H16N2O2S. The van der Waals surface area contributed by atoms with E-state index >= 15 is 0 Å². The average molecular weight is 276 g/mol. The van der Waals surface area contributed by atoms with Crippen molar-refractivity contribution in [1.82, 2.24) is 4.98 Å². The van der Waals surface area contributed by atoms with Crippen LogP contribution in [0.1, 0.15) is 12.5 Å². The maximum absolute atomic E-state index is 11.4. The Labute approximate surface area is 113 Å². The van der Waals surface area contributed by atoms with Crippen LogP contribution in [-0.4, -0.2) is 19.2 Å². The minimum Gasteiger partial charge on any atom is -0.348 e. The highest BCUT2D eigenvalue weighted by Gasteiger charge is 2.01. The maximum Gasteiger partial charge on any atom is 0.171 e. The van der Waals surface area contributed by atoms with Gasteiger partial charge in [-0.1, -0.05) is 25.1 Å². The quantitative estimate of drug-likeness (QED) is 0.881. The molecule has 4 nitrogen and oxygen atoms in total. The Kier molecular flexibility index (Phi) is 4.06. The van der Waals surface area contributed by atoms with Gasteiger partial charge < -0.3 is 10.3 Å². The number of anilines is 2. The Hall–Kier alpha value is -2.01. The average Bonchev–Trinajstić information content (AvgIpc) is 2.86. The molecular weight excluding hydrogens is 260 g/mol. The van der Waals surface area contributed by atoms with Crippen molar-refractivity contribution in [3.63, 3.8) is 0 Å². The molecule has 0 radical (unpaired) electrons. The van der Waals surface area contributed by atoms with Crippen molar-refractivity contribution < 1.29 is 8.42 Å². The van der Waals surface area contributed by atoms with Crippen molar-refractivity contribution in [2.75, 3.05) is 11.1 Å². The van der Waals surface area contributed by atoms with Crippen LogP contribution in [0.5, 0.6) is 0 Å². The monoisotopic (exact) mass is 276 g/mol. The lowest BCUT2D eigenvalue weighted by Crippen LogP contribution is -1.96. The highest BCUT2D eigenvalue weighted by Crippen LogP contribution is 2.16. The molecule has 0 saturated carbocycles. The van der Waals surface area contributed by atoms with Crippen molar-refractivity contribution in [2.45, 2.75) is 6.92 Å². The molecule has 0 amide bonds. The summed E-state index contributed by atoms with van der Waals surface area (Å²) in [5, 5.41) is 4.44. The van der Waals surface area contributed by atoms with Crippen LogP contribution >= 0.6 is 0 Å². The standard InChI is InChI=1S/C14H16N2O2S/c1-2-19(17,18)9-8-12-10-14(15-11-12)16-13-6-4-3-5-7-13/h3-11,15-16H,2H2,1H3. The molecule has 2 aromatic rings. The summed E-state index contributed by atoms with van der Waals surface area (Å²) in [7, 11) is -3.08. The van der Waals surface area contributed by atoms with Gasteiger partial charge in [0.05, 0.1) is 5.75 Å². The Morgan fingerprint density at radius 2 is 2.00 bits per heavy atom. The van der Waals surface area contributed by atoms with Crippen molar-refractivity contribution in [2.24, 2.45) is 0 Å². The molecule has 0 aliphatic rings. The number of aromatic nitrogens is 1. The fourth-order valence-electron chi connectivity index (χ4n) is 1.53. The third-order valence-electron chi connectivity index (χ3n) is 2.63. The number of hydrogen-bond acceptors (Lipinski definition) is 3. The Bertz CT molecular complexity index is 658. The van der Waals surface area contributed by atoms with E-state index in [0.29, 0.717) is 0 Å². The van der Waals surface area contributed by atoms with E-state index in [1.807, 2.05) is 36.4 Å². The number of sulfone groups is 1. The van der Waals surface area contributed by atoms with Crippen LogP contribution < -0.4 is 5.32 Å². The highest BCUT2D eigenvalue weighted by molar-refractivity contribution is 7.94. The third kappa shape index (κ3) is 3.99. The van der Waals surface area contributed by atoms with Gasteiger partial charge in [-0.25, -0.2) is 8.42 Å². The molecule has 0 unspecified atom stereocenters. The fraction of sp³-hybridized carbons (Fsp3) is 0.143. The molecule has 0 spiro atoms. The lowest BCUT2D eigenvalue weighted by atomic mass is 10.3. The van der Waals surface area contributed by atoms with Gasteiger partial charge in [0.25, 0.3) is 0 Å². The van der Waals surface area contributed by atoms with Gasteiger partial charge >= 0.3 is 0 Å². The lowest BCUT2D eigenvalue weighted by molar-refractivity contribution is 0.606. The molecule has 19 heavy (non-hydrogen) atoms. The van der Waals surface area contributed by atoms with E-state index in [1.165, 1.54) is 5.41 Å². The zero-order valence-electron chi connectivity index (χ0n) is 10.6. The van der Waals surface area contributed by atoms with Crippen LogP contribution in [0, 0.1) is 0 Å². The Morgan fingerprint density at radius 1 is 1.26 bits per heavy atom. The summed E-state index contributed by atoms with van der Waals surface area (Å²) in [6, 6.07) is 11.6. The predicted molar refractivity (Wildman–Crippen MR) is 79.0 cm³/mol. The number of rotatable bonds is 5. The molecule has 1 aromatic carbocycles. The minimum atomic E-state index is -3.08. The highest BCUT2D eigenvalue weighted by atomic mass is 32.2. The van der Waals surface area contributed by atoms with Crippen LogP contribution in [-0.2, 0) is 9.84 Å². The van der Waals surface area contributed by atoms with E-state index in [0.717, 1.165) is 17.1 Å². The van der Waals surface area contributed by atoms with E-state index in [2.05, 4.69) is 10.3 Å². The summed E-state index contributed by atoms with van der Waals surface area (Å²) >= 11 is 0. The summed E-state index contributed by atoms with van der Waals surface area (Å²) in [4.78, 5) is 3.05. The molecule has 1 aromatic heterocycles. The molecule has 2 N–H and O–H groups in total. The zero-order chi connectivity index (χ0) is 13.7. The summed E-state index contributed by atoms with van der Waals surface area (Å²) in [5.74, 6) is 0.933. The first-order valence-electron chi connectivity index (χ1n) is 6.00. The number of hydrogen-bond donors (Lipinski definition) is 2. The zero-order valence-corrected chi connectivity index (χ0v) is 11.4. The SMILES string of the molecule is CCS(=O)(=O)C=Cc1c[nH]c(Nc2ccccc2)c1. The van der Waals surface area contributed by atoms with Gasteiger partial charge in [-0.2, -0.15) is 0 Å². The lowest BCUT2D eigenvalue weighted by Gasteiger charge is -2.01. The first-order chi connectivity index (χ1) is 9.09. The summed E-state index contributed by atoms with van der Waals surface area (Å²) in [6.45, 7) is 1.62. The number of aromatic amines is 1. The molecule has 1 heterocycles. The Balaban J connectivity index is 2.08. The normalized spacial score (nSPS) is 11.8. The van der Waals surface area contributed by atoms with E-state index in [1.54, 1.807) is 19.2 Å². The second kappa shape index (κ2) is 5.75. The van der Waals surface area contributed by atoms with Crippen molar-refractivity contribution >= 4 is 27.4 Å². The van der Waals surface area contributed by atoms with Gasteiger partial charge in [0, 0.05) is 17.3 Å². The number of para-hydroxylation sites is 1. The van der Waals surface area contributed by atoms with E-state index in [-0.39, 0.29) is 5.75 Å². The van der Waals surface area contributed by atoms with Crippen LogP contribution in [0.3, 0.4) is 0 Å². The molecule has 0 bridgehead atoms.